The zero-order chi connectivity index (χ0) is 22.0. The molecule has 1 aliphatic heterocycles. The summed E-state index contributed by atoms with van der Waals surface area (Å²) in [6.07, 6.45) is 3.96. The molecule has 3 aromatic rings. The molecule has 9 heteroatoms. The lowest BCUT2D eigenvalue weighted by atomic mass is 10.0. The molecule has 2 heterocycles. The monoisotopic (exact) mass is 437 g/mol. The highest BCUT2D eigenvalue weighted by molar-refractivity contribution is 5.53. The van der Waals surface area contributed by atoms with Crippen LogP contribution in [0.25, 0.3) is 5.69 Å². The maximum Gasteiger partial charge on any atom is 0.143 e. The van der Waals surface area contributed by atoms with Crippen LogP contribution in [-0.4, -0.2) is 70.7 Å². The smallest absolute Gasteiger partial charge is 0.143 e. The molecule has 170 valence electrons. The Balaban J connectivity index is 1.09. The summed E-state index contributed by atoms with van der Waals surface area (Å²) in [7, 11) is 0. The number of piperidine rings is 1. The molecule has 1 aromatic heterocycles. The fourth-order valence-electron chi connectivity index (χ4n) is 3.71. The second kappa shape index (κ2) is 11.4. The summed E-state index contributed by atoms with van der Waals surface area (Å²) < 4.78 is 12.9. The number of ether oxygens (including phenoxy) is 2. The normalized spacial score (nSPS) is 14.9. The molecule has 4 rings (SSSR count). The van der Waals surface area contributed by atoms with Crippen LogP contribution in [0.1, 0.15) is 19.8 Å². The van der Waals surface area contributed by atoms with Gasteiger partial charge in [-0.05, 0) is 78.3 Å². The summed E-state index contributed by atoms with van der Waals surface area (Å²) in [6.45, 7) is 7.15. The van der Waals surface area contributed by atoms with Crippen molar-refractivity contribution in [1.29, 1.82) is 0 Å². The Kier molecular flexibility index (Phi) is 7.89. The van der Waals surface area contributed by atoms with E-state index in [0.29, 0.717) is 26.0 Å². The molecule has 1 fully saturated rings. The first-order valence-corrected chi connectivity index (χ1v) is 11.2. The molecule has 0 radical (unpaired) electrons. The fourth-order valence-corrected chi connectivity index (χ4v) is 3.71. The van der Waals surface area contributed by atoms with Gasteiger partial charge in [0.05, 0.1) is 12.3 Å². The molecule has 0 spiro atoms. The molecular formula is C23H31N7O2. The molecule has 0 bridgehead atoms. The lowest BCUT2D eigenvalue weighted by molar-refractivity contribution is 0.113. The van der Waals surface area contributed by atoms with E-state index in [1.54, 1.807) is 11.0 Å². The maximum absolute atomic E-state index is 5.71. The van der Waals surface area contributed by atoms with E-state index in [4.69, 9.17) is 9.47 Å². The number of anilines is 2. The van der Waals surface area contributed by atoms with Gasteiger partial charge in [0, 0.05) is 30.5 Å². The molecule has 1 saturated heterocycles. The predicted molar refractivity (Wildman–Crippen MR) is 124 cm³/mol. The Morgan fingerprint density at radius 2 is 1.72 bits per heavy atom. The van der Waals surface area contributed by atoms with E-state index >= 15 is 0 Å². The standard InChI is InChI=1S/C23H31N7O2/c1-2-29-13-11-21(12-14-29)26-20-5-3-19(4-6-20)24-18-31-15-16-32-23-9-7-22(8-10-23)30-17-25-27-28-30/h3-10,17,21,24,26H,2,11-16,18H2,1H3. The number of tetrazole rings is 1. The number of hydrogen-bond donors (Lipinski definition) is 2. The Morgan fingerprint density at radius 3 is 2.41 bits per heavy atom. The Morgan fingerprint density at radius 1 is 0.969 bits per heavy atom. The highest BCUT2D eigenvalue weighted by Gasteiger charge is 2.17. The van der Waals surface area contributed by atoms with Crippen molar-refractivity contribution in [2.75, 3.05) is 50.2 Å². The molecule has 2 N–H and O–H groups in total. The van der Waals surface area contributed by atoms with Gasteiger partial charge < -0.3 is 25.0 Å². The fraction of sp³-hybridized carbons (Fsp3) is 0.435. The summed E-state index contributed by atoms with van der Waals surface area (Å²) in [5, 5.41) is 18.0. The van der Waals surface area contributed by atoms with Crippen LogP contribution >= 0.6 is 0 Å². The lowest BCUT2D eigenvalue weighted by Crippen LogP contribution is -2.38. The predicted octanol–water partition coefficient (Wildman–Crippen LogP) is 3.02. The summed E-state index contributed by atoms with van der Waals surface area (Å²) in [6, 6.07) is 16.5. The van der Waals surface area contributed by atoms with Crippen molar-refractivity contribution in [2.45, 2.75) is 25.8 Å². The van der Waals surface area contributed by atoms with E-state index in [1.807, 2.05) is 24.3 Å². The average molecular weight is 438 g/mol. The van der Waals surface area contributed by atoms with E-state index in [2.05, 4.69) is 62.2 Å². The van der Waals surface area contributed by atoms with Crippen molar-refractivity contribution in [1.82, 2.24) is 25.1 Å². The molecule has 0 saturated carbocycles. The summed E-state index contributed by atoms with van der Waals surface area (Å²) >= 11 is 0. The van der Waals surface area contributed by atoms with Crippen LogP contribution in [-0.2, 0) is 4.74 Å². The van der Waals surface area contributed by atoms with Crippen molar-refractivity contribution in [3.05, 3.63) is 54.9 Å². The number of aromatic nitrogens is 4. The molecule has 2 aromatic carbocycles. The van der Waals surface area contributed by atoms with E-state index in [9.17, 15) is 0 Å². The SMILES string of the molecule is CCN1CCC(Nc2ccc(NCOCCOc3ccc(-n4cnnn4)cc3)cc2)CC1. The van der Waals surface area contributed by atoms with Gasteiger partial charge in [0.15, 0.2) is 0 Å². The van der Waals surface area contributed by atoms with Crippen molar-refractivity contribution >= 4 is 11.4 Å². The summed E-state index contributed by atoms with van der Waals surface area (Å²) in [5.41, 5.74) is 3.09. The van der Waals surface area contributed by atoms with Crippen LogP contribution in [0.2, 0.25) is 0 Å². The quantitative estimate of drug-likeness (QED) is 0.350. The molecule has 0 aliphatic carbocycles. The average Bonchev–Trinajstić information content (AvgIpc) is 3.38. The zero-order valence-electron chi connectivity index (χ0n) is 18.5. The first-order chi connectivity index (χ1) is 15.8. The molecule has 0 atom stereocenters. The molecular weight excluding hydrogens is 406 g/mol. The second-order valence-electron chi connectivity index (χ2n) is 7.76. The van der Waals surface area contributed by atoms with E-state index < -0.39 is 0 Å². The van der Waals surface area contributed by atoms with Gasteiger partial charge in [-0.25, -0.2) is 4.68 Å². The van der Waals surface area contributed by atoms with Gasteiger partial charge in [-0.2, -0.15) is 0 Å². The number of likely N-dealkylation sites (tertiary alicyclic amines) is 1. The topological polar surface area (TPSA) is 89.4 Å². The van der Waals surface area contributed by atoms with Crippen molar-refractivity contribution in [2.24, 2.45) is 0 Å². The third-order valence-electron chi connectivity index (χ3n) is 5.62. The zero-order valence-corrected chi connectivity index (χ0v) is 18.5. The molecule has 1 aliphatic rings. The van der Waals surface area contributed by atoms with Gasteiger partial charge in [0.25, 0.3) is 0 Å². The third-order valence-corrected chi connectivity index (χ3v) is 5.62. The minimum Gasteiger partial charge on any atom is -0.491 e. The molecule has 9 nitrogen and oxygen atoms in total. The van der Waals surface area contributed by atoms with Crippen molar-refractivity contribution in [3.8, 4) is 11.4 Å². The van der Waals surface area contributed by atoms with Crippen LogP contribution < -0.4 is 15.4 Å². The van der Waals surface area contributed by atoms with Crippen LogP contribution in [0, 0.1) is 0 Å². The second-order valence-corrected chi connectivity index (χ2v) is 7.76. The van der Waals surface area contributed by atoms with Crippen LogP contribution in [0.3, 0.4) is 0 Å². The maximum atomic E-state index is 5.71. The highest BCUT2D eigenvalue weighted by Crippen LogP contribution is 2.19. The van der Waals surface area contributed by atoms with Crippen LogP contribution in [0.4, 0.5) is 11.4 Å². The largest absolute Gasteiger partial charge is 0.491 e. The van der Waals surface area contributed by atoms with Gasteiger partial charge >= 0.3 is 0 Å². The number of nitrogens with one attached hydrogen (secondary N) is 2. The Labute approximate surface area is 188 Å². The minimum absolute atomic E-state index is 0.434. The van der Waals surface area contributed by atoms with Gasteiger partial charge in [0.1, 0.15) is 25.4 Å². The number of hydrogen-bond acceptors (Lipinski definition) is 8. The van der Waals surface area contributed by atoms with Gasteiger partial charge in [0.2, 0.25) is 0 Å². The van der Waals surface area contributed by atoms with Crippen LogP contribution in [0.5, 0.6) is 5.75 Å². The summed E-state index contributed by atoms with van der Waals surface area (Å²) in [4.78, 5) is 2.50. The number of rotatable bonds is 11. The van der Waals surface area contributed by atoms with Gasteiger partial charge in [-0.15, -0.1) is 5.10 Å². The first-order valence-electron chi connectivity index (χ1n) is 11.2. The van der Waals surface area contributed by atoms with E-state index in [-0.39, 0.29) is 0 Å². The first kappa shape index (κ1) is 22.0. The van der Waals surface area contributed by atoms with Crippen molar-refractivity contribution < 1.29 is 9.47 Å². The van der Waals surface area contributed by atoms with E-state index in [1.165, 1.54) is 31.6 Å². The minimum atomic E-state index is 0.434. The van der Waals surface area contributed by atoms with E-state index in [0.717, 1.165) is 23.7 Å². The highest BCUT2D eigenvalue weighted by atomic mass is 16.5. The number of benzene rings is 2. The summed E-state index contributed by atoms with van der Waals surface area (Å²) in [5.74, 6) is 0.779. The third kappa shape index (κ3) is 6.41. The number of nitrogens with zero attached hydrogens (tertiary/aromatic N) is 5. The van der Waals surface area contributed by atoms with Crippen molar-refractivity contribution in [3.63, 3.8) is 0 Å². The van der Waals surface area contributed by atoms with Gasteiger partial charge in [-0.3, -0.25) is 0 Å². The lowest BCUT2D eigenvalue weighted by Gasteiger charge is -2.32. The molecule has 32 heavy (non-hydrogen) atoms. The molecule has 0 amide bonds. The Hall–Kier alpha value is -3.17. The Bertz CT molecular complexity index is 909. The van der Waals surface area contributed by atoms with Crippen LogP contribution in [0.15, 0.2) is 54.9 Å². The molecule has 0 unspecified atom stereocenters. The van der Waals surface area contributed by atoms with Gasteiger partial charge in [-0.1, -0.05) is 6.92 Å².